The van der Waals surface area contributed by atoms with Gasteiger partial charge in [0.25, 0.3) is 5.91 Å². The molecule has 5 nitrogen and oxygen atoms in total. The number of amides is 1. The maximum atomic E-state index is 12.4. The number of rotatable bonds is 4. The van der Waals surface area contributed by atoms with Crippen LogP contribution in [0.4, 0.5) is 0 Å². The van der Waals surface area contributed by atoms with E-state index < -0.39 is 5.54 Å². The number of aromatic nitrogens is 1. The Labute approximate surface area is 117 Å². The second-order valence-corrected chi connectivity index (χ2v) is 5.16. The molecule has 2 aromatic rings. The first kappa shape index (κ1) is 14.4. The second kappa shape index (κ2) is 5.56. The SMILES string of the molecule is Cc1cc(C(=O)NC(C)(CO)CO)c2ccccc2n1. The topological polar surface area (TPSA) is 82.5 Å². The van der Waals surface area contributed by atoms with Gasteiger partial charge in [-0.15, -0.1) is 0 Å². The molecule has 5 heteroatoms. The average Bonchev–Trinajstić information content (AvgIpc) is 2.46. The van der Waals surface area contributed by atoms with Crippen molar-refractivity contribution < 1.29 is 15.0 Å². The third-order valence-electron chi connectivity index (χ3n) is 3.20. The van der Waals surface area contributed by atoms with E-state index in [4.69, 9.17) is 0 Å². The van der Waals surface area contributed by atoms with Crippen molar-refractivity contribution >= 4 is 16.8 Å². The van der Waals surface area contributed by atoms with Crippen LogP contribution in [-0.2, 0) is 0 Å². The van der Waals surface area contributed by atoms with Crippen LogP contribution in [-0.4, -0.2) is 39.9 Å². The predicted molar refractivity (Wildman–Crippen MR) is 76.5 cm³/mol. The van der Waals surface area contributed by atoms with E-state index in [0.717, 1.165) is 16.6 Å². The highest BCUT2D eigenvalue weighted by atomic mass is 16.3. The van der Waals surface area contributed by atoms with Crippen LogP contribution in [0, 0.1) is 6.92 Å². The molecule has 3 N–H and O–H groups in total. The maximum Gasteiger partial charge on any atom is 0.252 e. The van der Waals surface area contributed by atoms with Gasteiger partial charge < -0.3 is 15.5 Å². The van der Waals surface area contributed by atoms with Crippen LogP contribution in [0.1, 0.15) is 23.0 Å². The molecule has 0 unspecified atom stereocenters. The monoisotopic (exact) mass is 274 g/mol. The van der Waals surface area contributed by atoms with Gasteiger partial charge in [0.1, 0.15) is 0 Å². The van der Waals surface area contributed by atoms with Gasteiger partial charge in [0.05, 0.1) is 29.8 Å². The van der Waals surface area contributed by atoms with Crippen molar-refractivity contribution in [3.05, 3.63) is 41.6 Å². The Kier molecular flexibility index (Phi) is 4.01. The van der Waals surface area contributed by atoms with Crippen LogP contribution in [0.15, 0.2) is 30.3 Å². The number of nitrogens with zero attached hydrogens (tertiary/aromatic N) is 1. The van der Waals surface area contributed by atoms with Gasteiger partial charge in [0.15, 0.2) is 0 Å². The number of aryl methyl sites for hydroxylation is 1. The zero-order valence-corrected chi connectivity index (χ0v) is 11.6. The van der Waals surface area contributed by atoms with Crippen LogP contribution in [0.25, 0.3) is 10.9 Å². The Bertz CT molecular complexity index is 636. The molecular formula is C15H18N2O3. The molecule has 2 rings (SSSR count). The molecule has 1 amide bonds. The molecule has 0 aliphatic heterocycles. The van der Waals surface area contributed by atoms with Crippen molar-refractivity contribution in [1.29, 1.82) is 0 Å². The van der Waals surface area contributed by atoms with Gasteiger partial charge in [-0.1, -0.05) is 18.2 Å². The predicted octanol–water partition coefficient (Wildman–Crippen LogP) is 1.02. The number of hydrogen-bond acceptors (Lipinski definition) is 4. The number of hydrogen-bond donors (Lipinski definition) is 3. The molecule has 0 aliphatic rings. The van der Waals surface area contributed by atoms with Gasteiger partial charge >= 0.3 is 0 Å². The lowest BCUT2D eigenvalue weighted by atomic mass is 10.0. The van der Waals surface area contributed by atoms with Crippen molar-refractivity contribution in [1.82, 2.24) is 10.3 Å². The van der Waals surface area contributed by atoms with E-state index in [0.29, 0.717) is 5.56 Å². The summed E-state index contributed by atoms with van der Waals surface area (Å²) >= 11 is 0. The molecule has 1 aromatic carbocycles. The Morgan fingerprint density at radius 1 is 1.30 bits per heavy atom. The molecule has 0 atom stereocenters. The molecule has 106 valence electrons. The fourth-order valence-corrected chi connectivity index (χ4v) is 1.97. The largest absolute Gasteiger partial charge is 0.394 e. The fourth-order valence-electron chi connectivity index (χ4n) is 1.97. The number of benzene rings is 1. The summed E-state index contributed by atoms with van der Waals surface area (Å²) in [4.78, 5) is 16.8. The molecular weight excluding hydrogens is 256 g/mol. The zero-order chi connectivity index (χ0) is 14.8. The third kappa shape index (κ3) is 2.79. The summed E-state index contributed by atoms with van der Waals surface area (Å²) in [5.74, 6) is -0.336. The van der Waals surface area contributed by atoms with Crippen molar-refractivity contribution in [2.24, 2.45) is 0 Å². The summed E-state index contributed by atoms with van der Waals surface area (Å²) in [5, 5.41) is 21.9. The number of carbonyl (C=O) groups is 1. The molecule has 20 heavy (non-hydrogen) atoms. The molecule has 0 saturated heterocycles. The van der Waals surface area contributed by atoms with Crippen LogP contribution >= 0.6 is 0 Å². The van der Waals surface area contributed by atoms with Crippen LogP contribution in [0.3, 0.4) is 0 Å². The molecule has 0 aliphatic carbocycles. The molecule has 0 spiro atoms. The molecule has 0 radical (unpaired) electrons. The van der Waals surface area contributed by atoms with Crippen molar-refractivity contribution in [3.63, 3.8) is 0 Å². The van der Waals surface area contributed by atoms with E-state index in [1.165, 1.54) is 0 Å². The van der Waals surface area contributed by atoms with E-state index in [1.807, 2.05) is 31.2 Å². The second-order valence-electron chi connectivity index (χ2n) is 5.16. The number of pyridine rings is 1. The number of carbonyl (C=O) groups excluding carboxylic acids is 1. The summed E-state index contributed by atoms with van der Waals surface area (Å²) in [6.45, 7) is 2.73. The van der Waals surface area contributed by atoms with Gasteiger partial charge in [0.2, 0.25) is 0 Å². The third-order valence-corrected chi connectivity index (χ3v) is 3.20. The highest BCUT2D eigenvalue weighted by Crippen LogP contribution is 2.19. The minimum absolute atomic E-state index is 0.336. The lowest BCUT2D eigenvalue weighted by Gasteiger charge is -2.26. The highest BCUT2D eigenvalue weighted by molar-refractivity contribution is 6.06. The van der Waals surface area contributed by atoms with Gasteiger partial charge in [-0.05, 0) is 26.0 Å². The smallest absolute Gasteiger partial charge is 0.252 e. The lowest BCUT2D eigenvalue weighted by Crippen LogP contribution is -2.51. The Morgan fingerprint density at radius 3 is 2.60 bits per heavy atom. The maximum absolute atomic E-state index is 12.4. The molecule has 0 saturated carbocycles. The molecule has 0 fully saturated rings. The molecule has 0 bridgehead atoms. The lowest BCUT2D eigenvalue weighted by molar-refractivity contribution is 0.0725. The van der Waals surface area contributed by atoms with Crippen LogP contribution in [0.2, 0.25) is 0 Å². The van der Waals surface area contributed by atoms with Crippen LogP contribution in [0.5, 0.6) is 0 Å². The summed E-state index contributed by atoms with van der Waals surface area (Å²) in [6.07, 6.45) is 0. The summed E-state index contributed by atoms with van der Waals surface area (Å²) in [5.41, 5.74) is 0.923. The summed E-state index contributed by atoms with van der Waals surface area (Å²) in [6, 6.07) is 9.07. The molecule has 1 heterocycles. The number of para-hydroxylation sites is 1. The Hall–Kier alpha value is -1.98. The number of nitrogens with one attached hydrogen (secondary N) is 1. The van der Waals surface area contributed by atoms with E-state index >= 15 is 0 Å². The minimum Gasteiger partial charge on any atom is -0.394 e. The van der Waals surface area contributed by atoms with Gasteiger partial charge in [-0.2, -0.15) is 0 Å². The van der Waals surface area contributed by atoms with E-state index in [1.54, 1.807) is 13.0 Å². The number of fused-ring (bicyclic) bond motifs is 1. The zero-order valence-electron chi connectivity index (χ0n) is 11.6. The summed E-state index contributed by atoms with van der Waals surface area (Å²) in [7, 11) is 0. The van der Waals surface area contributed by atoms with Crippen molar-refractivity contribution in [3.8, 4) is 0 Å². The number of aliphatic hydroxyl groups excluding tert-OH is 2. The summed E-state index contributed by atoms with van der Waals surface area (Å²) < 4.78 is 0. The first-order chi connectivity index (χ1) is 9.49. The fraction of sp³-hybridized carbons (Fsp3) is 0.333. The number of aliphatic hydroxyl groups is 2. The first-order valence-corrected chi connectivity index (χ1v) is 6.40. The Morgan fingerprint density at radius 2 is 1.95 bits per heavy atom. The standard InChI is InChI=1S/C15H18N2O3/c1-10-7-12(11-5-3-4-6-13(11)16-10)14(20)17-15(2,8-18)9-19/h3-7,18-19H,8-9H2,1-2H3,(H,17,20). The normalized spacial score (nSPS) is 11.6. The molecule has 1 aromatic heterocycles. The van der Waals surface area contributed by atoms with E-state index in [2.05, 4.69) is 10.3 Å². The van der Waals surface area contributed by atoms with Gasteiger partial charge in [0, 0.05) is 11.1 Å². The van der Waals surface area contributed by atoms with E-state index in [9.17, 15) is 15.0 Å². The Balaban J connectivity index is 2.44. The van der Waals surface area contributed by atoms with Crippen molar-refractivity contribution in [2.75, 3.05) is 13.2 Å². The van der Waals surface area contributed by atoms with Gasteiger partial charge in [-0.25, -0.2) is 0 Å². The first-order valence-electron chi connectivity index (χ1n) is 6.40. The minimum atomic E-state index is -1.05. The van der Waals surface area contributed by atoms with E-state index in [-0.39, 0.29) is 19.1 Å². The quantitative estimate of drug-likeness (QED) is 0.777. The highest BCUT2D eigenvalue weighted by Gasteiger charge is 2.26. The van der Waals surface area contributed by atoms with Crippen molar-refractivity contribution in [2.45, 2.75) is 19.4 Å². The van der Waals surface area contributed by atoms with Crippen LogP contribution < -0.4 is 5.32 Å². The average molecular weight is 274 g/mol. The van der Waals surface area contributed by atoms with Gasteiger partial charge in [-0.3, -0.25) is 9.78 Å².